The second-order valence-corrected chi connectivity index (χ2v) is 5.39. The van der Waals surface area contributed by atoms with Crippen molar-refractivity contribution in [3.05, 3.63) is 53.6 Å². The van der Waals surface area contributed by atoms with Gasteiger partial charge in [-0.25, -0.2) is 0 Å². The van der Waals surface area contributed by atoms with Gasteiger partial charge in [0.25, 0.3) is 0 Å². The number of fused-ring (bicyclic) bond motifs is 1. The lowest BCUT2D eigenvalue weighted by atomic mass is 10.0. The molecule has 0 aliphatic carbocycles. The van der Waals surface area contributed by atoms with Gasteiger partial charge >= 0.3 is 0 Å². The van der Waals surface area contributed by atoms with Gasteiger partial charge in [-0.05, 0) is 30.7 Å². The highest BCUT2D eigenvalue weighted by Crippen LogP contribution is 2.31. The molecule has 110 valence electrons. The Balaban J connectivity index is 1.86. The van der Waals surface area contributed by atoms with Crippen LogP contribution in [0.5, 0.6) is 17.2 Å². The van der Waals surface area contributed by atoms with Crippen LogP contribution in [0.3, 0.4) is 0 Å². The van der Waals surface area contributed by atoms with E-state index in [0.29, 0.717) is 6.61 Å². The van der Waals surface area contributed by atoms with Gasteiger partial charge in [0.15, 0.2) is 0 Å². The van der Waals surface area contributed by atoms with Crippen molar-refractivity contribution in [3.8, 4) is 17.2 Å². The van der Waals surface area contributed by atoms with E-state index < -0.39 is 0 Å². The topological polar surface area (TPSA) is 52.9 Å². The summed E-state index contributed by atoms with van der Waals surface area (Å²) in [5.74, 6) is 1.11. The number of ether oxygens (including phenoxy) is 1. The van der Waals surface area contributed by atoms with E-state index in [9.17, 15) is 10.2 Å². The monoisotopic (exact) mass is 285 g/mol. The van der Waals surface area contributed by atoms with Crippen LogP contribution in [0.2, 0.25) is 0 Å². The summed E-state index contributed by atoms with van der Waals surface area (Å²) in [7, 11) is 0. The molecule has 1 heterocycles. The lowest BCUT2D eigenvalue weighted by Gasteiger charge is -2.27. The summed E-state index contributed by atoms with van der Waals surface area (Å²) in [5, 5.41) is 19.3. The number of hydrogen-bond acceptors (Lipinski definition) is 4. The Morgan fingerprint density at radius 2 is 1.81 bits per heavy atom. The minimum absolute atomic E-state index is 0.0813. The SMILES string of the molecule is CC(c1cc(O)cc(O)c1)N1CCOc2ccccc2C1. The highest BCUT2D eigenvalue weighted by molar-refractivity contribution is 5.38. The normalized spacial score (nSPS) is 16.6. The van der Waals surface area contributed by atoms with Crippen LogP contribution < -0.4 is 4.74 Å². The van der Waals surface area contributed by atoms with Gasteiger partial charge in [0.2, 0.25) is 0 Å². The molecule has 0 bridgehead atoms. The van der Waals surface area contributed by atoms with Gasteiger partial charge in [-0.15, -0.1) is 0 Å². The molecule has 1 unspecified atom stereocenters. The predicted octanol–water partition coefficient (Wildman–Crippen LogP) is 3.05. The third-order valence-corrected chi connectivity index (χ3v) is 3.94. The van der Waals surface area contributed by atoms with Crippen LogP contribution >= 0.6 is 0 Å². The zero-order chi connectivity index (χ0) is 14.8. The van der Waals surface area contributed by atoms with Gasteiger partial charge in [0.1, 0.15) is 23.9 Å². The fourth-order valence-electron chi connectivity index (χ4n) is 2.75. The first-order valence-electron chi connectivity index (χ1n) is 7.11. The Morgan fingerprint density at radius 1 is 1.10 bits per heavy atom. The Kier molecular flexibility index (Phi) is 3.71. The molecule has 0 radical (unpaired) electrons. The van der Waals surface area contributed by atoms with Gasteiger partial charge in [-0.2, -0.15) is 0 Å². The van der Waals surface area contributed by atoms with Crippen LogP contribution in [0.4, 0.5) is 0 Å². The first-order valence-corrected chi connectivity index (χ1v) is 7.11. The van der Waals surface area contributed by atoms with Gasteiger partial charge in [0.05, 0.1) is 0 Å². The van der Waals surface area contributed by atoms with E-state index >= 15 is 0 Å². The standard InChI is InChI=1S/C17H19NO3/c1-12(14-8-15(19)10-16(20)9-14)18-6-7-21-17-5-3-2-4-13(17)11-18/h2-5,8-10,12,19-20H,6-7,11H2,1H3. The molecule has 1 aliphatic heterocycles. The maximum atomic E-state index is 9.65. The van der Waals surface area contributed by atoms with Gasteiger partial charge in [0, 0.05) is 30.8 Å². The molecule has 1 atom stereocenters. The van der Waals surface area contributed by atoms with Crippen LogP contribution in [0, 0.1) is 0 Å². The largest absolute Gasteiger partial charge is 0.508 e. The molecule has 0 fully saturated rings. The zero-order valence-corrected chi connectivity index (χ0v) is 12.0. The highest BCUT2D eigenvalue weighted by atomic mass is 16.5. The van der Waals surface area contributed by atoms with E-state index in [1.54, 1.807) is 12.1 Å². The number of hydrogen-bond donors (Lipinski definition) is 2. The molecular weight excluding hydrogens is 266 g/mol. The number of benzene rings is 2. The van der Waals surface area contributed by atoms with Crippen molar-refractivity contribution in [2.24, 2.45) is 0 Å². The fraction of sp³-hybridized carbons (Fsp3) is 0.294. The summed E-state index contributed by atoms with van der Waals surface area (Å²) in [4.78, 5) is 2.28. The average Bonchev–Trinajstić information content (AvgIpc) is 2.67. The molecular formula is C17H19NO3. The van der Waals surface area contributed by atoms with Gasteiger partial charge < -0.3 is 14.9 Å². The molecule has 1 aliphatic rings. The van der Waals surface area contributed by atoms with Crippen molar-refractivity contribution in [1.29, 1.82) is 0 Å². The first kappa shape index (κ1) is 13.8. The molecule has 0 aromatic heterocycles. The first-order chi connectivity index (χ1) is 10.1. The summed E-state index contributed by atoms with van der Waals surface area (Å²) in [5.41, 5.74) is 2.05. The minimum atomic E-state index is 0.0813. The van der Waals surface area contributed by atoms with E-state index in [1.807, 2.05) is 18.2 Å². The van der Waals surface area contributed by atoms with Crippen molar-refractivity contribution in [2.75, 3.05) is 13.2 Å². The lowest BCUT2D eigenvalue weighted by Crippen LogP contribution is -2.28. The Labute approximate surface area is 124 Å². The van der Waals surface area contributed by atoms with Crippen LogP contribution in [-0.4, -0.2) is 28.3 Å². The van der Waals surface area contributed by atoms with Crippen molar-refractivity contribution < 1.29 is 14.9 Å². The third kappa shape index (κ3) is 2.95. The summed E-state index contributed by atoms with van der Waals surface area (Å²) >= 11 is 0. The molecule has 4 nitrogen and oxygen atoms in total. The predicted molar refractivity (Wildman–Crippen MR) is 80.5 cm³/mol. The van der Waals surface area contributed by atoms with Crippen molar-refractivity contribution in [1.82, 2.24) is 4.90 Å². The highest BCUT2D eigenvalue weighted by Gasteiger charge is 2.21. The second-order valence-electron chi connectivity index (χ2n) is 5.39. The molecule has 2 aromatic rings. The van der Waals surface area contributed by atoms with Gasteiger partial charge in [-0.3, -0.25) is 4.90 Å². The Morgan fingerprint density at radius 3 is 2.57 bits per heavy atom. The summed E-state index contributed by atoms with van der Waals surface area (Å²) in [6.07, 6.45) is 0. The van der Waals surface area contributed by atoms with E-state index in [1.165, 1.54) is 6.07 Å². The third-order valence-electron chi connectivity index (χ3n) is 3.94. The van der Waals surface area contributed by atoms with Crippen LogP contribution in [0.15, 0.2) is 42.5 Å². The number of nitrogens with zero attached hydrogens (tertiary/aromatic N) is 1. The Hall–Kier alpha value is -2.20. The number of rotatable bonds is 2. The maximum absolute atomic E-state index is 9.65. The molecule has 0 saturated carbocycles. The molecule has 2 N–H and O–H groups in total. The molecule has 2 aromatic carbocycles. The van der Waals surface area contributed by atoms with Gasteiger partial charge in [-0.1, -0.05) is 18.2 Å². The zero-order valence-electron chi connectivity index (χ0n) is 12.0. The van der Waals surface area contributed by atoms with Crippen LogP contribution in [-0.2, 0) is 6.54 Å². The molecule has 4 heteroatoms. The van der Waals surface area contributed by atoms with Crippen LogP contribution in [0.25, 0.3) is 0 Å². The summed E-state index contributed by atoms with van der Waals surface area (Å²) in [6, 6.07) is 12.9. The molecule has 0 amide bonds. The number of aromatic hydroxyl groups is 2. The van der Waals surface area contributed by atoms with E-state index in [4.69, 9.17) is 4.74 Å². The van der Waals surface area contributed by atoms with Crippen molar-refractivity contribution in [3.63, 3.8) is 0 Å². The van der Waals surface area contributed by atoms with Crippen LogP contribution in [0.1, 0.15) is 24.1 Å². The molecule has 3 rings (SSSR count). The second kappa shape index (κ2) is 5.66. The quantitative estimate of drug-likeness (QED) is 0.890. The average molecular weight is 285 g/mol. The molecule has 0 spiro atoms. The number of phenols is 2. The number of phenolic OH excluding ortho intramolecular Hbond substituents is 2. The van der Waals surface area contributed by atoms with E-state index in [0.717, 1.165) is 30.0 Å². The fourth-order valence-corrected chi connectivity index (χ4v) is 2.75. The lowest BCUT2D eigenvalue weighted by molar-refractivity contribution is 0.179. The Bertz CT molecular complexity index is 621. The summed E-state index contributed by atoms with van der Waals surface area (Å²) < 4.78 is 5.77. The van der Waals surface area contributed by atoms with E-state index in [2.05, 4.69) is 17.9 Å². The minimum Gasteiger partial charge on any atom is -0.508 e. The smallest absolute Gasteiger partial charge is 0.123 e. The van der Waals surface area contributed by atoms with Crippen molar-refractivity contribution >= 4 is 0 Å². The number of para-hydroxylation sites is 1. The maximum Gasteiger partial charge on any atom is 0.123 e. The molecule has 21 heavy (non-hydrogen) atoms. The van der Waals surface area contributed by atoms with Crippen molar-refractivity contribution in [2.45, 2.75) is 19.5 Å². The van der Waals surface area contributed by atoms with E-state index in [-0.39, 0.29) is 17.5 Å². The molecule has 0 saturated heterocycles. The summed E-state index contributed by atoms with van der Waals surface area (Å²) in [6.45, 7) is 4.29.